The third-order valence-electron chi connectivity index (χ3n) is 2.14. The molecule has 0 aliphatic carbocycles. The van der Waals surface area contributed by atoms with E-state index in [1.807, 2.05) is 13.8 Å². The number of nitrogens with zero attached hydrogens (tertiary/aromatic N) is 1. The van der Waals surface area contributed by atoms with Crippen molar-refractivity contribution in [3.63, 3.8) is 0 Å². The lowest BCUT2D eigenvalue weighted by atomic mass is 10.2. The summed E-state index contributed by atoms with van der Waals surface area (Å²) in [6.45, 7) is 3.95. The summed E-state index contributed by atoms with van der Waals surface area (Å²) in [5.41, 5.74) is 1.45. The van der Waals surface area contributed by atoms with Gasteiger partial charge in [0, 0.05) is 5.92 Å². The molecule has 4 heteroatoms. The van der Waals surface area contributed by atoms with Crippen LogP contribution in [0.5, 0.6) is 0 Å². The third kappa shape index (κ3) is 1.70. The number of carbonyl (C=O) groups is 1. The molecule has 1 heterocycles. The summed E-state index contributed by atoms with van der Waals surface area (Å²) in [7, 11) is 0. The zero-order chi connectivity index (χ0) is 11.0. The van der Waals surface area contributed by atoms with Crippen LogP contribution in [0, 0.1) is 0 Å². The first-order valence-corrected chi connectivity index (χ1v) is 4.71. The van der Waals surface area contributed by atoms with Gasteiger partial charge in [0.25, 0.3) is 0 Å². The predicted molar refractivity (Wildman–Crippen MR) is 55.1 cm³/mol. The van der Waals surface area contributed by atoms with Crippen molar-refractivity contribution in [2.45, 2.75) is 19.8 Å². The number of hydrogen-bond donors (Lipinski definition) is 1. The Kier molecular flexibility index (Phi) is 2.19. The Morgan fingerprint density at radius 3 is 2.80 bits per heavy atom. The Balaban J connectivity index is 2.57. The zero-order valence-electron chi connectivity index (χ0n) is 8.52. The van der Waals surface area contributed by atoms with Gasteiger partial charge in [0.1, 0.15) is 5.52 Å². The van der Waals surface area contributed by atoms with Crippen LogP contribution in [0.15, 0.2) is 22.6 Å². The smallest absolute Gasteiger partial charge is 0.335 e. The minimum Gasteiger partial charge on any atom is -0.478 e. The molecule has 0 saturated heterocycles. The first-order valence-electron chi connectivity index (χ1n) is 4.71. The standard InChI is InChI=1S/C11H11NO3/c1-6(2)10-12-8-5-7(11(13)14)3-4-9(8)15-10/h3-6H,1-2H3,(H,13,14). The van der Waals surface area contributed by atoms with Gasteiger partial charge in [0.15, 0.2) is 11.5 Å². The van der Waals surface area contributed by atoms with Crippen LogP contribution in [0.1, 0.15) is 36.0 Å². The molecule has 2 rings (SSSR count). The number of oxazole rings is 1. The highest BCUT2D eigenvalue weighted by Crippen LogP contribution is 2.21. The van der Waals surface area contributed by atoms with Gasteiger partial charge in [-0.3, -0.25) is 0 Å². The van der Waals surface area contributed by atoms with Crippen LogP contribution >= 0.6 is 0 Å². The maximum atomic E-state index is 10.7. The average molecular weight is 205 g/mol. The third-order valence-corrected chi connectivity index (χ3v) is 2.14. The predicted octanol–water partition coefficient (Wildman–Crippen LogP) is 2.65. The van der Waals surface area contributed by atoms with Crippen LogP contribution in [0.2, 0.25) is 0 Å². The highest BCUT2D eigenvalue weighted by molar-refractivity contribution is 5.91. The van der Waals surface area contributed by atoms with Crippen molar-refractivity contribution >= 4 is 17.1 Å². The molecule has 15 heavy (non-hydrogen) atoms. The number of hydrogen-bond acceptors (Lipinski definition) is 3. The van der Waals surface area contributed by atoms with Crippen molar-refractivity contribution < 1.29 is 14.3 Å². The van der Waals surface area contributed by atoms with Crippen molar-refractivity contribution in [2.75, 3.05) is 0 Å². The van der Waals surface area contributed by atoms with Gasteiger partial charge in [0.05, 0.1) is 5.56 Å². The first-order chi connectivity index (χ1) is 7.08. The van der Waals surface area contributed by atoms with Crippen LogP contribution in [0.4, 0.5) is 0 Å². The van der Waals surface area contributed by atoms with E-state index in [1.165, 1.54) is 12.1 Å². The van der Waals surface area contributed by atoms with Crippen molar-refractivity contribution in [3.8, 4) is 0 Å². The number of carboxylic acid groups (broad SMARTS) is 1. The largest absolute Gasteiger partial charge is 0.478 e. The van der Waals surface area contributed by atoms with Crippen LogP contribution in [0.3, 0.4) is 0 Å². The number of rotatable bonds is 2. The summed E-state index contributed by atoms with van der Waals surface area (Å²) >= 11 is 0. The fourth-order valence-electron chi connectivity index (χ4n) is 1.33. The van der Waals surface area contributed by atoms with Crippen LogP contribution in [0.25, 0.3) is 11.1 Å². The second-order valence-corrected chi connectivity index (χ2v) is 3.69. The second kappa shape index (κ2) is 3.38. The fraction of sp³-hybridized carbons (Fsp3) is 0.273. The van der Waals surface area contributed by atoms with Crippen LogP contribution in [-0.2, 0) is 0 Å². The van der Waals surface area contributed by atoms with Gasteiger partial charge in [-0.05, 0) is 18.2 Å². The molecule has 0 aliphatic rings. The number of benzene rings is 1. The van der Waals surface area contributed by atoms with E-state index in [9.17, 15) is 4.79 Å². The molecule has 0 atom stereocenters. The molecule has 1 aromatic carbocycles. The monoisotopic (exact) mass is 205 g/mol. The number of aromatic carboxylic acids is 1. The highest BCUT2D eigenvalue weighted by atomic mass is 16.4. The molecule has 0 unspecified atom stereocenters. The minimum absolute atomic E-state index is 0.200. The lowest BCUT2D eigenvalue weighted by Gasteiger charge is -1.93. The van der Waals surface area contributed by atoms with Gasteiger partial charge in [-0.1, -0.05) is 13.8 Å². The molecule has 0 saturated carbocycles. The number of aromatic nitrogens is 1. The molecule has 4 nitrogen and oxygen atoms in total. The average Bonchev–Trinajstić information content (AvgIpc) is 2.59. The van der Waals surface area contributed by atoms with Gasteiger partial charge in [-0.15, -0.1) is 0 Å². The van der Waals surface area contributed by atoms with Crippen LogP contribution in [-0.4, -0.2) is 16.1 Å². The van der Waals surface area contributed by atoms with Gasteiger partial charge in [-0.2, -0.15) is 0 Å². The van der Waals surface area contributed by atoms with Gasteiger partial charge < -0.3 is 9.52 Å². The first kappa shape index (κ1) is 9.71. The van der Waals surface area contributed by atoms with E-state index in [0.717, 1.165) is 0 Å². The summed E-state index contributed by atoms with van der Waals surface area (Å²) in [4.78, 5) is 15.0. The SMILES string of the molecule is CC(C)c1nc2cc(C(=O)O)ccc2o1. The van der Waals surface area contributed by atoms with E-state index < -0.39 is 5.97 Å². The molecule has 0 fully saturated rings. The molecule has 0 spiro atoms. The lowest BCUT2D eigenvalue weighted by Crippen LogP contribution is -1.94. The van der Waals surface area contributed by atoms with E-state index in [0.29, 0.717) is 17.0 Å². The molecule has 0 bridgehead atoms. The molecule has 2 aromatic rings. The van der Waals surface area contributed by atoms with Crippen molar-refractivity contribution in [2.24, 2.45) is 0 Å². The van der Waals surface area contributed by atoms with E-state index in [-0.39, 0.29) is 11.5 Å². The molecule has 0 aliphatic heterocycles. The van der Waals surface area contributed by atoms with Gasteiger partial charge >= 0.3 is 5.97 Å². The zero-order valence-corrected chi connectivity index (χ0v) is 8.52. The molecule has 1 N–H and O–H groups in total. The van der Waals surface area contributed by atoms with Crippen molar-refractivity contribution in [1.29, 1.82) is 0 Å². The fourth-order valence-corrected chi connectivity index (χ4v) is 1.33. The molecule has 0 radical (unpaired) electrons. The van der Waals surface area contributed by atoms with Crippen molar-refractivity contribution in [1.82, 2.24) is 4.98 Å². The second-order valence-electron chi connectivity index (χ2n) is 3.69. The minimum atomic E-state index is -0.953. The Morgan fingerprint density at radius 2 is 2.20 bits per heavy atom. The molecule has 0 amide bonds. The summed E-state index contributed by atoms with van der Waals surface area (Å²) in [5, 5.41) is 8.80. The molecular formula is C11H11NO3. The Bertz CT molecular complexity index is 514. The lowest BCUT2D eigenvalue weighted by molar-refractivity contribution is 0.0697. The molecule has 1 aromatic heterocycles. The summed E-state index contributed by atoms with van der Waals surface area (Å²) in [6, 6.07) is 4.67. The van der Waals surface area contributed by atoms with Gasteiger partial charge in [0.2, 0.25) is 0 Å². The van der Waals surface area contributed by atoms with E-state index in [1.54, 1.807) is 6.07 Å². The van der Waals surface area contributed by atoms with Crippen LogP contribution < -0.4 is 0 Å². The Labute approximate surface area is 86.5 Å². The molecular weight excluding hydrogens is 194 g/mol. The maximum absolute atomic E-state index is 10.7. The van der Waals surface area contributed by atoms with E-state index in [4.69, 9.17) is 9.52 Å². The molecule has 78 valence electrons. The topological polar surface area (TPSA) is 63.3 Å². The van der Waals surface area contributed by atoms with Crippen molar-refractivity contribution in [3.05, 3.63) is 29.7 Å². The summed E-state index contributed by atoms with van der Waals surface area (Å²) in [5.74, 6) is -0.121. The number of fused-ring (bicyclic) bond motifs is 1. The maximum Gasteiger partial charge on any atom is 0.335 e. The quantitative estimate of drug-likeness (QED) is 0.818. The Morgan fingerprint density at radius 1 is 1.47 bits per heavy atom. The van der Waals surface area contributed by atoms with Gasteiger partial charge in [-0.25, -0.2) is 9.78 Å². The van der Waals surface area contributed by atoms with E-state index in [2.05, 4.69) is 4.98 Å². The normalized spacial score (nSPS) is 11.1. The number of carboxylic acids is 1. The summed E-state index contributed by atoms with van der Waals surface area (Å²) < 4.78 is 5.46. The van der Waals surface area contributed by atoms with E-state index >= 15 is 0 Å². The Hall–Kier alpha value is -1.84. The highest BCUT2D eigenvalue weighted by Gasteiger charge is 2.11. The summed E-state index contributed by atoms with van der Waals surface area (Å²) in [6.07, 6.45) is 0.